The predicted octanol–water partition coefficient (Wildman–Crippen LogP) is 1.83. The van der Waals surface area contributed by atoms with Crippen molar-refractivity contribution < 1.29 is 14.1 Å². The van der Waals surface area contributed by atoms with Crippen molar-refractivity contribution >= 4 is 17.3 Å². The van der Waals surface area contributed by atoms with Gasteiger partial charge in [-0.15, -0.1) is 0 Å². The molecular formula is C12H13N3O3. The maximum Gasteiger partial charge on any atom is 0.294 e. The number of carbonyl (C=O) groups is 1. The summed E-state index contributed by atoms with van der Waals surface area (Å²) in [6.45, 7) is 1.74. The maximum absolute atomic E-state index is 11.8. The van der Waals surface area contributed by atoms with Gasteiger partial charge in [-0.05, 0) is 19.1 Å². The highest BCUT2D eigenvalue weighted by atomic mass is 16.5. The Kier molecular flexibility index (Phi) is 3.18. The summed E-state index contributed by atoms with van der Waals surface area (Å²) in [7, 11) is 1.55. The Balaban J connectivity index is 2.16. The van der Waals surface area contributed by atoms with E-state index >= 15 is 0 Å². The van der Waals surface area contributed by atoms with Crippen molar-refractivity contribution in [2.45, 2.75) is 6.92 Å². The largest absolute Gasteiger partial charge is 0.497 e. The summed E-state index contributed by atoms with van der Waals surface area (Å²) in [4.78, 5) is 11.8. The molecule has 0 saturated carbocycles. The van der Waals surface area contributed by atoms with Crippen molar-refractivity contribution in [2.24, 2.45) is 0 Å². The number of benzene rings is 1. The topological polar surface area (TPSA) is 90.4 Å². The first kappa shape index (κ1) is 12.0. The molecule has 0 spiro atoms. The van der Waals surface area contributed by atoms with E-state index in [-0.39, 0.29) is 5.76 Å². The molecule has 0 bridgehead atoms. The number of rotatable bonds is 3. The fraction of sp³-hybridized carbons (Fsp3) is 0.167. The van der Waals surface area contributed by atoms with Crippen molar-refractivity contribution in [1.82, 2.24) is 5.16 Å². The molecule has 0 saturated heterocycles. The number of methoxy groups -OCH3 is 1. The number of carbonyl (C=O) groups excluding carboxylic acids is 1. The second-order valence-electron chi connectivity index (χ2n) is 3.74. The van der Waals surface area contributed by atoms with Crippen LogP contribution in [0, 0.1) is 6.92 Å². The van der Waals surface area contributed by atoms with Gasteiger partial charge < -0.3 is 20.3 Å². The number of amides is 1. The van der Waals surface area contributed by atoms with Crippen molar-refractivity contribution in [3.8, 4) is 5.75 Å². The summed E-state index contributed by atoms with van der Waals surface area (Å²) in [5.74, 6) is 0.371. The number of hydrogen-bond donors (Lipinski definition) is 2. The van der Waals surface area contributed by atoms with E-state index in [0.717, 1.165) is 0 Å². The second kappa shape index (κ2) is 4.79. The summed E-state index contributed by atoms with van der Waals surface area (Å²) in [6.07, 6.45) is 0. The van der Waals surface area contributed by atoms with Crippen LogP contribution < -0.4 is 15.8 Å². The van der Waals surface area contributed by atoms with Crippen LogP contribution in [0.1, 0.15) is 16.2 Å². The maximum atomic E-state index is 11.8. The number of nitrogens with one attached hydrogen (secondary N) is 1. The van der Waals surface area contributed by atoms with E-state index in [0.29, 0.717) is 22.8 Å². The molecule has 0 aliphatic heterocycles. The Morgan fingerprint density at radius 3 is 2.78 bits per heavy atom. The molecule has 0 aliphatic rings. The van der Waals surface area contributed by atoms with Gasteiger partial charge in [0.1, 0.15) is 5.75 Å². The zero-order valence-electron chi connectivity index (χ0n) is 10.1. The van der Waals surface area contributed by atoms with E-state index in [1.165, 1.54) is 0 Å². The van der Waals surface area contributed by atoms with Crippen molar-refractivity contribution in [3.05, 3.63) is 35.7 Å². The van der Waals surface area contributed by atoms with Gasteiger partial charge in [0, 0.05) is 12.1 Å². The van der Waals surface area contributed by atoms with Gasteiger partial charge in [0.2, 0.25) is 5.76 Å². The number of nitrogen functional groups attached to an aromatic ring is 1. The van der Waals surface area contributed by atoms with Crippen LogP contribution in [0.4, 0.5) is 11.4 Å². The Hall–Kier alpha value is -2.50. The monoisotopic (exact) mass is 247 g/mol. The fourth-order valence-corrected chi connectivity index (χ4v) is 1.44. The molecule has 18 heavy (non-hydrogen) atoms. The van der Waals surface area contributed by atoms with Crippen LogP contribution in [0.5, 0.6) is 5.75 Å². The Bertz CT molecular complexity index is 578. The third kappa shape index (κ3) is 2.42. The van der Waals surface area contributed by atoms with Gasteiger partial charge in [0.25, 0.3) is 5.91 Å². The molecule has 1 aromatic carbocycles. The molecule has 3 N–H and O–H groups in total. The highest BCUT2D eigenvalue weighted by Crippen LogP contribution is 2.24. The normalized spacial score (nSPS) is 10.1. The average molecular weight is 247 g/mol. The SMILES string of the molecule is COc1ccc(NC(=O)c2cc(C)no2)c(N)c1. The van der Waals surface area contributed by atoms with E-state index in [1.54, 1.807) is 38.3 Å². The minimum atomic E-state index is -0.396. The van der Waals surface area contributed by atoms with Crippen LogP contribution in [0.3, 0.4) is 0 Å². The smallest absolute Gasteiger partial charge is 0.294 e. The van der Waals surface area contributed by atoms with Crippen LogP contribution >= 0.6 is 0 Å². The Labute approximate surface area is 104 Å². The number of anilines is 2. The number of aryl methyl sites for hydroxylation is 1. The van der Waals surface area contributed by atoms with E-state index in [1.807, 2.05) is 0 Å². The molecule has 1 aromatic heterocycles. The lowest BCUT2D eigenvalue weighted by Gasteiger charge is -2.08. The lowest BCUT2D eigenvalue weighted by molar-refractivity contribution is 0.0988. The molecule has 0 unspecified atom stereocenters. The van der Waals surface area contributed by atoms with Crippen LogP contribution in [-0.2, 0) is 0 Å². The van der Waals surface area contributed by atoms with E-state index in [2.05, 4.69) is 10.5 Å². The van der Waals surface area contributed by atoms with Gasteiger partial charge >= 0.3 is 0 Å². The van der Waals surface area contributed by atoms with Crippen LogP contribution in [0.15, 0.2) is 28.8 Å². The molecule has 6 heteroatoms. The molecular weight excluding hydrogens is 234 g/mol. The minimum Gasteiger partial charge on any atom is -0.497 e. The standard InChI is InChI=1S/C12H13N3O3/c1-7-5-11(18-15-7)12(16)14-10-4-3-8(17-2)6-9(10)13/h3-6H,13H2,1-2H3,(H,14,16). The molecule has 1 heterocycles. The van der Waals surface area contributed by atoms with Crippen LogP contribution in [0.2, 0.25) is 0 Å². The second-order valence-corrected chi connectivity index (χ2v) is 3.74. The summed E-state index contributed by atoms with van der Waals surface area (Å²) in [5, 5.41) is 6.28. The first-order chi connectivity index (χ1) is 8.60. The van der Waals surface area contributed by atoms with Crippen molar-refractivity contribution in [1.29, 1.82) is 0 Å². The van der Waals surface area contributed by atoms with E-state index < -0.39 is 5.91 Å². The number of nitrogens with two attached hydrogens (primary N) is 1. The fourth-order valence-electron chi connectivity index (χ4n) is 1.44. The number of nitrogens with zero attached hydrogens (tertiary/aromatic N) is 1. The van der Waals surface area contributed by atoms with Gasteiger partial charge in [-0.1, -0.05) is 5.16 Å². The molecule has 2 rings (SSSR count). The molecule has 0 radical (unpaired) electrons. The zero-order chi connectivity index (χ0) is 13.1. The third-order valence-corrected chi connectivity index (χ3v) is 2.36. The van der Waals surface area contributed by atoms with Gasteiger partial charge in [0.05, 0.1) is 24.2 Å². The Morgan fingerprint density at radius 2 is 2.22 bits per heavy atom. The van der Waals surface area contributed by atoms with E-state index in [4.69, 9.17) is 15.0 Å². The molecule has 94 valence electrons. The predicted molar refractivity (Wildman–Crippen MR) is 66.6 cm³/mol. The van der Waals surface area contributed by atoms with Crippen molar-refractivity contribution in [3.63, 3.8) is 0 Å². The molecule has 0 fully saturated rings. The summed E-state index contributed by atoms with van der Waals surface area (Å²) >= 11 is 0. The lowest BCUT2D eigenvalue weighted by atomic mass is 10.2. The average Bonchev–Trinajstić information content (AvgIpc) is 2.78. The van der Waals surface area contributed by atoms with Gasteiger partial charge in [0.15, 0.2) is 0 Å². The lowest BCUT2D eigenvalue weighted by Crippen LogP contribution is -2.12. The Morgan fingerprint density at radius 1 is 1.44 bits per heavy atom. The van der Waals surface area contributed by atoms with E-state index in [9.17, 15) is 4.79 Å². The molecule has 2 aromatic rings. The number of hydrogen-bond acceptors (Lipinski definition) is 5. The third-order valence-electron chi connectivity index (χ3n) is 2.36. The van der Waals surface area contributed by atoms with Gasteiger partial charge in [-0.3, -0.25) is 4.79 Å². The van der Waals surface area contributed by atoms with Crippen LogP contribution in [-0.4, -0.2) is 18.2 Å². The summed E-state index contributed by atoms with van der Waals surface area (Å²) in [6, 6.07) is 6.54. The minimum absolute atomic E-state index is 0.141. The first-order valence-electron chi connectivity index (χ1n) is 5.28. The molecule has 1 amide bonds. The number of aromatic nitrogens is 1. The quantitative estimate of drug-likeness (QED) is 0.807. The zero-order valence-corrected chi connectivity index (χ0v) is 10.1. The molecule has 0 atom stereocenters. The first-order valence-corrected chi connectivity index (χ1v) is 5.28. The highest BCUT2D eigenvalue weighted by molar-refractivity contribution is 6.03. The molecule has 6 nitrogen and oxygen atoms in total. The van der Waals surface area contributed by atoms with Gasteiger partial charge in [-0.2, -0.15) is 0 Å². The van der Waals surface area contributed by atoms with Crippen molar-refractivity contribution in [2.75, 3.05) is 18.2 Å². The molecule has 0 aliphatic carbocycles. The summed E-state index contributed by atoms with van der Waals surface area (Å²) < 4.78 is 9.88. The summed E-state index contributed by atoms with van der Waals surface area (Å²) in [5.41, 5.74) is 7.34. The number of ether oxygens (including phenoxy) is 1. The van der Waals surface area contributed by atoms with Gasteiger partial charge in [-0.25, -0.2) is 0 Å². The van der Waals surface area contributed by atoms with Crippen LogP contribution in [0.25, 0.3) is 0 Å². The highest BCUT2D eigenvalue weighted by Gasteiger charge is 2.13.